The summed E-state index contributed by atoms with van der Waals surface area (Å²) in [5.74, 6) is 0.930. The minimum atomic E-state index is -4.95. The highest BCUT2D eigenvalue weighted by Crippen LogP contribution is 2.43. The number of aromatic nitrogens is 4. The lowest BCUT2D eigenvalue weighted by Gasteiger charge is -2.35. The minimum absolute atomic E-state index is 0.220. The Labute approximate surface area is 219 Å². The predicted octanol–water partition coefficient (Wildman–Crippen LogP) is 4.96. The van der Waals surface area contributed by atoms with Gasteiger partial charge >= 0.3 is 6.18 Å². The molecule has 5 rings (SSSR count). The van der Waals surface area contributed by atoms with Crippen LogP contribution >= 0.6 is 0 Å². The van der Waals surface area contributed by atoms with Crippen LogP contribution in [0.25, 0.3) is 22.5 Å². The first-order valence-corrected chi connectivity index (χ1v) is 14.5. The fourth-order valence-electron chi connectivity index (χ4n) is 5.95. The molecule has 38 heavy (non-hydrogen) atoms. The van der Waals surface area contributed by atoms with Gasteiger partial charge in [-0.2, -0.15) is 18.4 Å². The number of H-pyrrole nitrogens is 1. The van der Waals surface area contributed by atoms with Gasteiger partial charge in [-0.25, -0.2) is 13.6 Å². The Hall–Kier alpha value is -2.83. The van der Waals surface area contributed by atoms with E-state index in [0.29, 0.717) is 11.5 Å². The van der Waals surface area contributed by atoms with E-state index in [4.69, 9.17) is 5.14 Å². The maximum Gasteiger partial charge on any atom is 0.417 e. The Morgan fingerprint density at radius 2 is 1.66 bits per heavy atom. The van der Waals surface area contributed by atoms with Crippen LogP contribution in [0.2, 0.25) is 0 Å². The number of hydrogen-bond donors (Lipinski definition) is 2. The lowest BCUT2D eigenvalue weighted by atomic mass is 9.86. The summed E-state index contributed by atoms with van der Waals surface area (Å²) in [5, 5.41) is 18.4. The Kier molecular flexibility index (Phi) is 7.56. The number of hydrogen-bond acceptors (Lipinski definition) is 6. The standard InChI is InChI=1S/C26H31F3N6O2S/c27-26(28,29)22-11-10-21(23(24(22)38(30,36)37)25-31-33-34-32-25)20-8-6-18(7-9-20)19-12-14-35(15-13-19)16-17-4-2-1-3-5-17/h6-11,17,19H,1-5,12-16H2,(H2,30,36,37)(H,31,32,33,34). The number of halogens is 3. The molecule has 1 aromatic heterocycles. The van der Waals surface area contributed by atoms with Crippen LogP contribution < -0.4 is 5.14 Å². The van der Waals surface area contributed by atoms with E-state index >= 15 is 0 Å². The largest absolute Gasteiger partial charge is 0.417 e. The van der Waals surface area contributed by atoms with Gasteiger partial charge in [-0.15, -0.1) is 10.2 Å². The van der Waals surface area contributed by atoms with E-state index in [9.17, 15) is 21.6 Å². The van der Waals surface area contributed by atoms with E-state index in [1.54, 1.807) is 12.1 Å². The number of primary sulfonamides is 1. The van der Waals surface area contributed by atoms with E-state index in [0.717, 1.165) is 43.5 Å². The first-order chi connectivity index (χ1) is 18.1. The van der Waals surface area contributed by atoms with Gasteiger partial charge in [0.2, 0.25) is 15.8 Å². The third kappa shape index (κ3) is 5.76. The topological polar surface area (TPSA) is 118 Å². The number of benzene rings is 2. The van der Waals surface area contributed by atoms with Gasteiger partial charge in [-0.3, -0.25) is 0 Å². The number of sulfonamides is 1. The molecular weight excluding hydrogens is 517 g/mol. The van der Waals surface area contributed by atoms with E-state index in [1.165, 1.54) is 44.7 Å². The Bertz CT molecular complexity index is 1350. The molecule has 2 aromatic carbocycles. The molecule has 12 heteroatoms. The summed E-state index contributed by atoms with van der Waals surface area (Å²) in [6.07, 6.45) is 3.88. The number of likely N-dealkylation sites (tertiary alicyclic amines) is 1. The summed E-state index contributed by atoms with van der Waals surface area (Å²) in [5.41, 5.74) is 0.199. The third-order valence-corrected chi connectivity index (χ3v) is 8.83. The van der Waals surface area contributed by atoms with E-state index in [1.807, 2.05) is 12.1 Å². The summed E-state index contributed by atoms with van der Waals surface area (Å²) in [6, 6.07) is 9.47. The molecule has 2 aliphatic rings. The molecule has 1 aliphatic carbocycles. The van der Waals surface area contributed by atoms with Crippen molar-refractivity contribution in [2.45, 2.75) is 61.9 Å². The molecule has 0 bridgehead atoms. The molecule has 0 spiro atoms. The summed E-state index contributed by atoms with van der Waals surface area (Å²) in [6.45, 7) is 3.30. The van der Waals surface area contributed by atoms with Crippen molar-refractivity contribution in [3.05, 3.63) is 47.5 Å². The maximum absolute atomic E-state index is 13.8. The molecule has 3 N–H and O–H groups in total. The van der Waals surface area contributed by atoms with Crippen molar-refractivity contribution >= 4 is 10.0 Å². The van der Waals surface area contributed by atoms with Crippen molar-refractivity contribution in [2.24, 2.45) is 11.1 Å². The second-order valence-corrected chi connectivity index (χ2v) is 11.8. The second kappa shape index (κ2) is 10.7. The van der Waals surface area contributed by atoms with Gasteiger partial charge in [0.05, 0.1) is 11.1 Å². The lowest BCUT2D eigenvalue weighted by Crippen LogP contribution is -2.37. The molecule has 2 heterocycles. The average molecular weight is 549 g/mol. The molecule has 1 aliphatic heterocycles. The highest BCUT2D eigenvalue weighted by molar-refractivity contribution is 7.89. The minimum Gasteiger partial charge on any atom is -0.303 e. The van der Waals surface area contributed by atoms with Crippen molar-refractivity contribution in [3.8, 4) is 22.5 Å². The predicted molar refractivity (Wildman–Crippen MR) is 136 cm³/mol. The van der Waals surface area contributed by atoms with Crippen molar-refractivity contribution in [1.82, 2.24) is 25.5 Å². The van der Waals surface area contributed by atoms with Crippen molar-refractivity contribution in [2.75, 3.05) is 19.6 Å². The molecule has 1 saturated heterocycles. The number of tetrazole rings is 1. The number of nitrogens with zero attached hydrogens (tertiary/aromatic N) is 4. The van der Waals surface area contributed by atoms with Gasteiger partial charge < -0.3 is 4.90 Å². The van der Waals surface area contributed by atoms with Crippen molar-refractivity contribution < 1.29 is 21.6 Å². The van der Waals surface area contributed by atoms with Crippen molar-refractivity contribution in [1.29, 1.82) is 0 Å². The Morgan fingerprint density at radius 1 is 0.974 bits per heavy atom. The van der Waals surface area contributed by atoms with Crippen LogP contribution in [-0.4, -0.2) is 53.6 Å². The molecule has 0 amide bonds. The number of nitrogens with two attached hydrogens (primary N) is 1. The van der Waals surface area contributed by atoms with Crippen LogP contribution in [0.4, 0.5) is 13.2 Å². The highest BCUT2D eigenvalue weighted by atomic mass is 32.2. The van der Waals surface area contributed by atoms with Gasteiger partial charge in [0.25, 0.3) is 0 Å². The Morgan fingerprint density at radius 3 is 2.24 bits per heavy atom. The third-order valence-electron chi connectivity index (χ3n) is 7.84. The summed E-state index contributed by atoms with van der Waals surface area (Å²) < 4.78 is 66.1. The van der Waals surface area contributed by atoms with Crippen LogP contribution in [0.5, 0.6) is 0 Å². The second-order valence-electron chi connectivity index (χ2n) is 10.3. The lowest BCUT2D eigenvalue weighted by molar-refractivity contribution is -0.139. The molecule has 204 valence electrons. The fraction of sp³-hybridized carbons (Fsp3) is 0.500. The molecule has 3 aromatic rings. The van der Waals surface area contributed by atoms with Gasteiger partial charge in [-0.1, -0.05) is 49.6 Å². The van der Waals surface area contributed by atoms with Crippen LogP contribution in [0, 0.1) is 5.92 Å². The monoisotopic (exact) mass is 548 g/mol. The fourth-order valence-corrected chi connectivity index (χ4v) is 6.93. The molecule has 1 saturated carbocycles. The van der Waals surface area contributed by atoms with Crippen molar-refractivity contribution in [3.63, 3.8) is 0 Å². The van der Waals surface area contributed by atoms with Gasteiger partial charge in [0.15, 0.2) is 0 Å². The highest BCUT2D eigenvalue weighted by Gasteiger charge is 2.40. The van der Waals surface area contributed by atoms with Crippen LogP contribution in [-0.2, 0) is 16.2 Å². The summed E-state index contributed by atoms with van der Waals surface area (Å²) >= 11 is 0. The average Bonchev–Trinajstić information content (AvgIpc) is 3.43. The first-order valence-electron chi connectivity index (χ1n) is 12.9. The zero-order valence-electron chi connectivity index (χ0n) is 20.9. The molecule has 0 atom stereocenters. The van der Waals surface area contributed by atoms with Gasteiger partial charge in [0, 0.05) is 6.54 Å². The zero-order chi connectivity index (χ0) is 26.9. The normalized spacial score (nSPS) is 18.6. The van der Waals surface area contributed by atoms with E-state index in [-0.39, 0.29) is 17.0 Å². The smallest absolute Gasteiger partial charge is 0.303 e. The molecule has 0 radical (unpaired) electrons. The van der Waals surface area contributed by atoms with Gasteiger partial charge in [0.1, 0.15) is 4.90 Å². The quantitative estimate of drug-likeness (QED) is 0.450. The first kappa shape index (κ1) is 26.8. The Balaban J connectivity index is 1.41. The number of aromatic amines is 1. The SMILES string of the molecule is NS(=O)(=O)c1c(C(F)(F)F)ccc(-c2ccc(C3CCN(CC4CCCCC4)CC3)cc2)c1-c1nn[nH]n1. The maximum atomic E-state index is 13.8. The summed E-state index contributed by atoms with van der Waals surface area (Å²) in [7, 11) is -4.79. The van der Waals surface area contributed by atoms with E-state index in [2.05, 4.69) is 25.5 Å². The molecular formula is C26H31F3N6O2S. The number of rotatable bonds is 6. The van der Waals surface area contributed by atoms with Gasteiger partial charge in [-0.05, 0) is 78.6 Å². The van der Waals surface area contributed by atoms with E-state index < -0.39 is 26.7 Å². The molecule has 8 nitrogen and oxygen atoms in total. The number of alkyl halides is 3. The van der Waals surface area contributed by atoms with Crippen LogP contribution in [0.3, 0.4) is 0 Å². The van der Waals surface area contributed by atoms with Crippen LogP contribution in [0.15, 0.2) is 41.3 Å². The number of piperidine rings is 1. The zero-order valence-corrected chi connectivity index (χ0v) is 21.7. The molecule has 2 fully saturated rings. The summed E-state index contributed by atoms with van der Waals surface area (Å²) in [4.78, 5) is 1.51. The number of nitrogens with one attached hydrogen (secondary N) is 1. The molecule has 0 unspecified atom stereocenters. The van der Waals surface area contributed by atoms with Crippen LogP contribution in [0.1, 0.15) is 62.0 Å².